The van der Waals surface area contributed by atoms with Crippen molar-refractivity contribution < 1.29 is 43.2 Å². The van der Waals surface area contributed by atoms with E-state index in [1.807, 2.05) is 91.6 Å². The Kier molecular flexibility index (Phi) is 21.1. The van der Waals surface area contributed by atoms with Crippen LogP contribution in [0.2, 0.25) is 0 Å². The van der Waals surface area contributed by atoms with Crippen molar-refractivity contribution in [2.75, 3.05) is 66.0 Å². The summed E-state index contributed by atoms with van der Waals surface area (Å²) in [5.74, 6) is 1.15. The highest BCUT2D eigenvalue weighted by atomic mass is 32.1. The van der Waals surface area contributed by atoms with Crippen LogP contribution in [0.15, 0.2) is 66.7 Å². The maximum atomic E-state index is 14.2. The highest BCUT2D eigenvalue weighted by molar-refractivity contribution is 7.59. The molecule has 3 aromatic rings. The zero-order valence-electron chi connectivity index (χ0n) is 38.2. The molecule has 352 valence electrons. The van der Waals surface area contributed by atoms with Gasteiger partial charge in [-0.3, -0.25) is 14.9 Å². The Morgan fingerprint density at radius 1 is 1.05 bits per heavy atom. The average Bonchev–Trinajstić information content (AvgIpc) is 3.62. The van der Waals surface area contributed by atoms with Gasteiger partial charge < -0.3 is 46.0 Å². The van der Waals surface area contributed by atoms with Crippen LogP contribution in [0, 0.1) is 29.1 Å². The summed E-state index contributed by atoms with van der Waals surface area (Å²) in [6, 6.07) is 19.5. The first-order valence-electron chi connectivity index (χ1n) is 21.4. The highest BCUT2D eigenvalue weighted by Gasteiger charge is 2.50. The van der Waals surface area contributed by atoms with Gasteiger partial charge in [0.2, 0.25) is 0 Å². The number of likely N-dealkylation sites (N-methyl/N-ethyl adjacent to an activating group) is 2. The van der Waals surface area contributed by atoms with Gasteiger partial charge in [0.1, 0.15) is 18.1 Å². The van der Waals surface area contributed by atoms with Crippen molar-refractivity contribution in [1.82, 2.24) is 20.6 Å². The van der Waals surface area contributed by atoms with E-state index in [9.17, 15) is 25.2 Å². The van der Waals surface area contributed by atoms with Crippen LogP contribution >= 0.6 is 13.5 Å². The topological polar surface area (TPSA) is 210 Å². The number of rotatable bonds is 20. The lowest BCUT2D eigenvalue weighted by molar-refractivity contribution is -0.191. The number of hydrogen-bond donors (Lipinski definition) is 7. The van der Waals surface area contributed by atoms with E-state index in [1.54, 1.807) is 25.2 Å². The lowest BCUT2D eigenvalue weighted by Crippen LogP contribution is -2.54. The van der Waals surface area contributed by atoms with Crippen LogP contribution < -0.4 is 26.0 Å². The molecule has 1 saturated heterocycles. The molecule has 15 nitrogen and oxygen atoms in total. The zero-order valence-corrected chi connectivity index (χ0v) is 40.0. The number of aliphatic hydroxyl groups is 4. The number of ether oxygens (including phenoxy) is 1. The number of nitrogens with one attached hydrogen (secondary N) is 2. The lowest BCUT2D eigenvalue weighted by atomic mass is 9.52. The second-order valence-corrected chi connectivity index (χ2v) is 18.0. The van der Waals surface area contributed by atoms with Gasteiger partial charge in [-0.25, -0.2) is 0 Å². The second-order valence-electron chi connectivity index (χ2n) is 17.9. The number of para-hydroxylation sites is 1. The molecule has 1 unspecified atom stereocenters. The summed E-state index contributed by atoms with van der Waals surface area (Å²) >= 11 is -0.750. The first-order valence-corrected chi connectivity index (χ1v) is 22.0. The minimum Gasteiger partial charge on any atom is -0.496 e. The average molecular weight is 917 g/mol. The lowest BCUT2D eigenvalue weighted by Gasteiger charge is -2.54. The zero-order chi connectivity index (χ0) is 45.9. The third kappa shape index (κ3) is 13.3. The number of hydrogen-bond acceptors (Lipinski definition) is 14. The van der Waals surface area contributed by atoms with Gasteiger partial charge in [0.25, 0.3) is 5.91 Å². The number of benzene rings is 3. The predicted octanol–water partition coefficient (Wildman–Crippen LogP) is 3.29. The molecule has 8 N–H and O–H groups in total. The van der Waals surface area contributed by atoms with Gasteiger partial charge in [0.15, 0.2) is 0 Å². The van der Waals surface area contributed by atoms with Crippen molar-refractivity contribution in [2.24, 2.45) is 34.8 Å². The molecular weight excluding hydrogens is 845 g/mol. The van der Waals surface area contributed by atoms with Gasteiger partial charge in [-0.1, -0.05) is 76.2 Å². The molecule has 1 aliphatic carbocycles. The van der Waals surface area contributed by atoms with E-state index in [2.05, 4.69) is 38.3 Å². The Balaban J connectivity index is 0.00000256. The molecule has 1 heterocycles. The Bertz CT molecular complexity index is 1920. The van der Waals surface area contributed by atoms with Gasteiger partial charge >= 0.3 is 11.6 Å². The number of nitrogens with two attached hydrogens (primary N) is 1. The van der Waals surface area contributed by atoms with E-state index < -0.39 is 54.1 Å². The van der Waals surface area contributed by atoms with E-state index in [1.165, 1.54) is 0 Å². The number of aliphatic hydroxyl groups excluding tert-OH is 4. The Morgan fingerprint density at radius 2 is 1.71 bits per heavy atom. The van der Waals surface area contributed by atoms with Crippen LogP contribution in [0.4, 0.5) is 5.69 Å². The summed E-state index contributed by atoms with van der Waals surface area (Å²) in [6.07, 6.45) is -1.52. The molecule has 0 radical (unpaired) electrons. The van der Waals surface area contributed by atoms with Crippen LogP contribution in [0.5, 0.6) is 5.75 Å². The number of amides is 1. The van der Waals surface area contributed by atoms with Crippen molar-refractivity contribution in [3.05, 3.63) is 83.4 Å². The number of carbonyl (C=O) groups excluding carboxylic acids is 1. The summed E-state index contributed by atoms with van der Waals surface area (Å²) in [4.78, 5) is 24.4. The maximum Gasteiger partial charge on any atom is 0.335 e. The monoisotopic (exact) mass is 916 g/mol. The largest absolute Gasteiger partial charge is 0.496 e. The predicted molar refractivity (Wildman–Crippen MR) is 252 cm³/mol. The number of nitrogens with zero attached hydrogens (tertiary/aromatic N) is 3. The molecule has 3 aromatic carbocycles. The van der Waals surface area contributed by atoms with E-state index >= 15 is 0 Å². The molecule has 0 bridgehead atoms. The summed E-state index contributed by atoms with van der Waals surface area (Å²) in [5, 5.41) is 51.2. The van der Waals surface area contributed by atoms with Crippen molar-refractivity contribution in [2.45, 2.75) is 84.1 Å². The molecule has 10 atom stereocenters. The Morgan fingerprint density at radius 3 is 2.27 bits per heavy atom. The van der Waals surface area contributed by atoms with E-state index in [4.69, 9.17) is 23.7 Å². The minimum atomic E-state index is -1.06. The highest BCUT2D eigenvalue weighted by Crippen LogP contribution is 2.54. The first-order chi connectivity index (χ1) is 29.4. The van der Waals surface area contributed by atoms with Crippen LogP contribution in [0.3, 0.4) is 0 Å². The molecule has 1 saturated carbocycles. The smallest absolute Gasteiger partial charge is 0.335 e. The van der Waals surface area contributed by atoms with Crippen molar-refractivity contribution in [3.63, 3.8) is 0 Å². The normalized spacial score (nSPS) is 22.9. The minimum absolute atomic E-state index is 0. The quantitative estimate of drug-likeness (QED) is 0.0813. The summed E-state index contributed by atoms with van der Waals surface area (Å²) < 4.78 is 22.7. The molecule has 0 spiro atoms. The van der Waals surface area contributed by atoms with Crippen molar-refractivity contribution >= 4 is 36.7 Å². The number of methoxy groups -OCH3 is 1. The second kappa shape index (κ2) is 24.7. The van der Waals surface area contributed by atoms with Gasteiger partial charge in [-0.05, 0) is 79.9 Å². The molecule has 63 heavy (non-hydrogen) atoms. The van der Waals surface area contributed by atoms with Gasteiger partial charge in [0, 0.05) is 55.0 Å². The fourth-order valence-electron chi connectivity index (χ4n) is 9.26. The van der Waals surface area contributed by atoms with Gasteiger partial charge in [-0.15, -0.1) is 0 Å². The fourth-order valence-corrected chi connectivity index (χ4v) is 9.26. The number of carbonyl (C=O) groups is 1. The van der Waals surface area contributed by atoms with Crippen LogP contribution in [-0.2, 0) is 23.0 Å². The molecule has 5 rings (SSSR count). The van der Waals surface area contributed by atoms with Crippen molar-refractivity contribution in [3.8, 4) is 16.9 Å². The van der Waals surface area contributed by atoms with Gasteiger partial charge in [0.05, 0.1) is 51.1 Å². The summed E-state index contributed by atoms with van der Waals surface area (Å²) in [5.41, 5.74) is 11.2. The molecule has 0 aromatic heterocycles. The standard InChI is InChI=1S/C46H70N6O7.O2S.H2S/c1-28(37-20-29(2)46(37,4)5)24-48-45(57)42-40(30(3)55)39(27-54)59-52(42)25-32-16-13-17-36(43(32)58-9)33-21-34(23-35(22-33)51(8)18-19-53)44(56)49-38(26-50(6)7)41(47)31-14-11-10-12-15-31;1-3-2;/h10-17,21-23,28-30,37-42,45,48,53-55,57H,18-20,24-27,47H2,1-9H3,(H,49,56);;1H2/t28-,29+,30+,37+,38-,39+,40-,41+,42+,45?;;/m1../s1. The molecule has 1 aliphatic heterocycles. The van der Waals surface area contributed by atoms with E-state index in [0.717, 1.165) is 28.8 Å². The summed E-state index contributed by atoms with van der Waals surface area (Å²) in [7, 11) is 7.33. The maximum absolute atomic E-state index is 14.2. The van der Waals surface area contributed by atoms with Gasteiger partial charge in [-0.2, -0.15) is 27.0 Å². The molecule has 2 fully saturated rings. The third-order valence-electron chi connectivity index (χ3n) is 13.1. The molecular formula is C46H72N6O9S2. The number of hydroxylamine groups is 2. The molecule has 1 amide bonds. The number of anilines is 1. The summed E-state index contributed by atoms with van der Waals surface area (Å²) in [6.45, 7) is 12.0. The molecule has 2 aliphatic rings. The Hall–Kier alpha value is -3.46. The van der Waals surface area contributed by atoms with E-state index in [-0.39, 0.29) is 44.6 Å². The SMILES string of the molecule is COc1c(CN2O[C@@H](CO)[C@@H]([C@H](C)O)[C@H]2C(O)NC[C@@H](C)[C@@H]2C[C@H](C)C2(C)C)cccc1-c1cc(C(=O)N[C@H](CN(C)C)[C@@H](N)c2ccccc2)cc(N(C)CCO)c1.O=S=O.S. The van der Waals surface area contributed by atoms with E-state index in [0.29, 0.717) is 54.3 Å². The van der Waals surface area contributed by atoms with Crippen LogP contribution in [-0.4, -0.2) is 136 Å². The fraction of sp³-hybridized carbons (Fsp3) is 0.587. The molecule has 17 heteroatoms. The van der Waals surface area contributed by atoms with Crippen LogP contribution in [0.25, 0.3) is 11.1 Å². The Labute approximate surface area is 384 Å². The third-order valence-corrected chi connectivity index (χ3v) is 13.1. The van der Waals surface area contributed by atoms with Crippen molar-refractivity contribution in [1.29, 1.82) is 0 Å². The van der Waals surface area contributed by atoms with Crippen LogP contribution in [0.1, 0.15) is 68.6 Å². The first kappa shape index (κ1) is 53.9.